The standard InChI is InChI=1S/C9H13NO5S/c1-10-5-4-7-2-3-8(11)9(6-7)15-16(12,13)14/h2-3,6,10-11H,4-5H2,1H3,(H,12,13,14). The highest BCUT2D eigenvalue weighted by molar-refractivity contribution is 7.81. The minimum absolute atomic E-state index is 0.281. The molecule has 0 saturated carbocycles. The summed E-state index contributed by atoms with van der Waals surface area (Å²) in [6, 6.07) is 4.31. The highest BCUT2D eigenvalue weighted by Crippen LogP contribution is 2.27. The first-order valence-corrected chi connectivity index (χ1v) is 5.92. The van der Waals surface area contributed by atoms with Gasteiger partial charge in [0.05, 0.1) is 0 Å². The molecule has 0 unspecified atom stereocenters. The molecule has 0 atom stereocenters. The Kier molecular flexibility index (Phi) is 4.11. The SMILES string of the molecule is CNCCc1ccc(O)c(OS(=O)(=O)O)c1. The highest BCUT2D eigenvalue weighted by atomic mass is 32.3. The normalized spacial score (nSPS) is 11.4. The van der Waals surface area contributed by atoms with Crippen LogP contribution in [0.3, 0.4) is 0 Å². The first-order valence-electron chi connectivity index (χ1n) is 4.56. The van der Waals surface area contributed by atoms with Gasteiger partial charge in [0.15, 0.2) is 11.5 Å². The number of hydrogen-bond acceptors (Lipinski definition) is 5. The second-order valence-electron chi connectivity index (χ2n) is 3.17. The zero-order chi connectivity index (χ0) is 12.2. The maximum absolute atomic E-state index is 10.5. The predicted octanol–water partition coefficient (Wildman–Crippen LogP) is 0.336. The third-order valence-corrected chi connectivity index (χ3v) is 2.27. The van der Waals surface area contributed by atoms with E-state index >= 15 is 0 Å². The van der Waals surface area contributed by atoms with Crippen LogP contribution in [0, 0.1) is 0 Å². The van der Waals surface area contributed by atoms with Crippen molar-refractivity contribution >= 4 is 10.4 Å². The van der Waals surface area contributed by atoms with Gasteiger partial charge in [-0.15, -0.1) is 0 Å². The summed E-state index contributed by atoms with van der Waals surface area (Å²) in [5.74, 6) is -0.623. The molecular formula is C9H13NO5S. The number of benzene rings is 1. The van der Waals surface area contributed by atoms with E-state index in [4.69, 9.17) is 4.55 Å². The molecule has 7 heteroatoms. The van der Waals surface area contributed by atoms with Crippen molar-refractivity contribution in [1.82, 2.24) is 5.32 Å². The average molecular weight is 247 g/mol. The van der Waals surface area contributed by atoms with E-state index in [1.165, 1.54) is 12.1 Å². The Bertz CT molecular complexity index is 457. The molecule has 1 aromatic carbocycles. The van der Waals surface area contributed by atoms with Crippen LogP contribution in [0.5, 0.6) is 11.5 Å². The molecule has 0 bridgehead atoms. The fraction of sp³-hybridized carbons (Fsp3) is 0.333. The van der Waals surface area contributed by atoms with Crippen LogP contribution in [0.2, 0.25) is 0 Å². The van der Waals surface area contributed by atoms with E-state index in [0.29, 0.717) is 13.0 Å². The summed E-state index contributed by atoms with van der Waals surface area (Å²) in [6.45, 7) is 0.704. The van der Waals surface area contributed by atoms with E-state index in [1.54, 1.807) is 13.1 Å². The second-order valence-corrected chi connectivity index (χ2v) is 4.19. The van der Waals surface area contributed by atoms with Crippen LogP contribution in [0.15, 0.2) is 18.2 Å². The minimum atomic E-state index is -4.61. The van der Waals surface area contributed by atoms with E-state index in [2.05, 4.69) is 9.50 Å². The number of likely N-dealkylation sites (N-methyl/N-ethyl adjacent to an activating group) is 1. The molecule has 0 aliphatic carbocycles. The number of nitrogens with one attached hydrogen (secondary N) is 1. The number of rotatable bonds is 5. The van der Waals surface area contributed by atoms with E-state index in [1.807, 2.05) is 0 Å². The zero-order valence-corrected chi connectivity index (χ0v) is 9.49. The van der Waals surface area contributed by atoms with Crippen molar-refractivity contribution in [2.45, 2.75) is 6.42 Å². The van der Waals surface area contributed by atoms with Crippen LogP contribution in [0.4, 0.5) is 0 Å². The maximum Gasteiger partial charge on any atom is 0.446 e. The molecule has 90 valence electrons. The molecule has 16 heavy (non-hydrogen) atoms. The molecule has 3 N–H and O–H groups in total. The Morgan fingerprint density at radius 1 is 1.44 bits per heavy atom. The highest BCUT2D eigenvalue weighted by Gasteiger charge is 2.11. The van der Waals surface area contributed by atoms with Gasteiger partial charge in [0.2, 0.25) is 0 Å². The van der Waals surface area contributed by atoms with Gasteiger partial charge in [-0.25, -0.2) is 0 Å². The molecule has 0 heterocycles. The van der Waals surface area contributed by atoms with Crippen molar-refractivity contribution in [2.24, 2.45) is 0 Å². The second kappa shape index (κ2) is 5.15. The Labute approximate surface area is 93.8 Å². The van der Waals surface area contributed by atoms with Gasteiger partial charge >= 0.3 is 10.4 Å². The molecule has 1 rings (SSSR count). The lowest BCUT2D eigenvalue weighted by Gasteiger charge is -2.06. The zero-order valence-electron chi connectivity index (χ0n) is 8.67. The van der Waals surface area contributed by atoms with Crippen LogP contribution in [0.25, 0.3) is 0 Å². The third-order valence-electron chi connectivity index (χ3n) is 1.88. The van der Waals surface area contributed by atoms with Crippen molar-refractivity contribution in [1.29, 1.82) is 0 Å². The van der Waals surface area contributed by atoms with E-state index in [0.717, 1.165) is 5.56 Å². The molecular weight excluding hydrogens is 234 g/mol. The van der Waals surface area contributed by atoms with Crippen LogP contribution in [0.1, 0.15) is 5.56 Å². The van der Waals surface area contributed by atoms with Crippen molar-refractivity contribution in [3.8, 4) is 11.5 Å². The van der Waals surface area contributed by atoms with Crippen LogP contribution in [-0.2, 0) is 16.8 Å². The number of phenolic OH excluding ortho intramolecular Hbond substituents is 1. The predicted molar refractivity (Wildman–Crippen MR) is 57.9 cm³/mol. The summed E-state index contributed by atoms with van der Waals surface area (Å²) in [5, 5.41) is 12.2. The Balaban J connectivity index is 2.90. The van der Waals surface area contributed by atoms with Crippen molar-refractivity contribution < 1.29 is 22.3 Å². The van der Waals surface area contributed by atoms with E-state index in [9.17, 15) is 13.5 Å². The summed E-state index contributed by atoms with van der Waals surface area (Å²) in [4.78, 5) is 0. The van der Waals surface area contributed by atoms with Gasteiger partial charge in [0, 0.05) is 0 Å². The Morgan fingerprint density at radius 2 is 2.12 bits per heavy atom. The molecule has 0 amide bonds. The summed E-state index contributed by atoms with van der Waals surface area (Å²) >= 11 is 0. The summed E-state index contributed by atoms with van der Waals surface area (Å²) in [6.07, 6.45) is 0.651. The molecule has 0 aliphatic heterocycles. The Morgan fingerprint density at radius 3 is 2.69 bits per heavy atom. The summed E-state index contributed by atoms with van der Waals surface area (Å²) < 4.78 is 33.7. The van der Waals surface area contributed by atoms with Gasteiger partial charge in [0.25, 0.3) is 0 Å². The first kappa shape index (κ1) is 12.8. The molecule has 0 radical (unpaired) electrons. The lowest BCUT2D eigenvalue weighted by molar-refractivity contribution is 0.371. The Hall–Kier alpha value is -1.31. The monoisotopic (exact) mass is 247 g/mol. The molecule has 1 aromatic rings. The van der Waals surface area contributed by atoms with Gasteiger partial charge in [-0.2, -0.15) is 8.42 Å². The van der Waals surface area contributed by atoms with Gasteiger partial charge in [-0.05, 0) is 37.7 Å². The molecule has 0 saturated heterocycles. The number of aromatic hydroxyl groups is 1. The smallest absolute Gasteiger partial charge is 0.446 e. The largest absolute Gasteiger partial charge is 0.504 e. The molecule has 0 aromatic heterocycles. The topological polar surface area (TPSA) is 95.9 Å². The first-order chi connectivity index (χ1) is 7.42. The van der Waals surface area contributed by atoms with Crippen LogP contribution >= 0.6 is 0 Å². The van der Waals surface area contributed by atoms with Crippen LogP contribution in [-0.4, -0.2) is 31.7 Å². The molecule has 6 nitrogen and oxygen atoms in total. The fourth-order valence-corrected chi connectivity index (χ4v) is 1.52. The van der Waals surface area contributed by atoms with Crippen molar-refractivity contribution in [3.05, 3.63) is 23.8 Å². The quantitative estimate of drug-likeness (QED) is 0.649. The molecule has 0 fully saturated rings. The maximum atomic E-state index is 10.5. The molecule has 0 aliphatic rings. The van der Waals surface area contributed by atoms with E-state index in [-0.39, 0.29) is 11.5 Å². The summed E-state index contributed by atoms with van der Waals surface area (Å²) in [5.41, 5.74) is 0.783. The lowest BCUT2D eigenvalue weighted by atomic mass is 10.1. The van der Waals surface area contributed by atoms with Crippen LogP contribution < -0.4 is 9.50 Å². The lowest BCUT2D eigenvalue weighted by Crippen LogP contribution is -2.11. The van der Waals surface area contributed by atoms with Gasteiger partial charge < -0.3 is 14.6 Å². The van der Waals surface area contributed by atoms with Gasteiger partial charge in [-0.1, -0.05) is 6.07 Å². The van der Waals surface area contributed by atoms with Gasteiger partial charge in [0.1, 0.15) is 0 Å². The van der Waals surface area contributed by atoms with Crippen molar-refractivity contribution in [3.63, 3.8) is 0 Å². The van der Waals surface area contributed by atoms with Crippen molar-refractivity contribution in [2.75, 3.05) is 13.6 Å². The summed E-state index contributed by atoms with van der Waals surface area (Å²) in [7, 11) is -2.82. The third kappa shape index (κ3) is 4.05. The minimum Gasteiger partial charge on any atom is -0.504 e. The van der Waals surface area contributed by atoms with E-state index < -0.39 is 10.4 Å². The molecule has 0 spiro atoms. The average Bonchev–Trinajstić information content (AvgIpc) is 2.17. The van der Waals surface area contributed by atoms with Gasteiger partial charge in [-0.3, -0.25) is 4.55 Å². The number of hydrogen-bond donors (Lipinski definition) is 3. The fourth-order valence-electron chi connectivity index (χ4n) is 1.16. The number of phenols is 1.